The van der Waals surface area contributed by atoms with Gasteiger partial charge in [-0.25, -0.2) is 4.79 Å². The van der Waals surface area contributed by atoms with Crippen LogP contribution in [-0.4, -0.2) is 31.5 Å². The van der Waals surface area contributed by atoms with Gasteiger partial charge in [0.25, 0.3) is 0 Å². The predicted molar refractivity (Wildman–Crippen MR) is 34.3 cm³/mol. The minimum absolute atomic E-state index is 0.762. The molecule has 0 bridgehead atoms. The van der Waals surface area contributed by atoms with E-state index >= 15 is 0 Å². The number of ether oxygens (including phenoxy) is 1. The summed E-state index contributed by atoms with van der Waals surface area (Å²) in [5, 5.41) is 0. The van der Waals surface area contributed by atoms with E-state index in [9.17, 15) is 18.0 Å². The zero-order valence-corrected chi connectivity index (χ0v) is 6.83. The lowest BCUT2D eigenvalue weighted by Gasteiger charge is -1.99. The third kappa shape index (κ3) is 6.96. The molecule has 1 N–H and O–H groups in total. The van der Waals surface area contributed by atoms with Crippen LogP contribution in [-0.2, 0) is 28.9 Å². The van der Waals surface area contributed by atoms with Crippen LogP contribution in [0, 0.1) is 0 Å². The van der Waals surface area contributed by atoms with Crippen molar-refractivity contribution in [3.8, 4) is 0 Å². The third-order valence-corrected chi connectivity index (χ3v) is 0.988. The van der Waals surface area contributed by atoms with Crippen LogP contribution in [0.5, 0.6) is 0 Å². The summed E-state index contributed by atoms with van der Waals surface area (Å²) in [6.45, 7) is 0.176. The van der Waals surface area contributed by atoms with E-state index in [1.165, 1.54) is 0 Å². The van der Waals surface area contributed by atoms with E-state index in [-0.39, 0.29) is 0 Å². The number of rotatable bonds is 3. The highest BCUT2D eigenvalue weighted by Crippen LogP contribution is 1.88. The van der Waals surface area contributed by atoms with Crippen molar-refractivity contribution in [3.05, 3.63) is 0 Å². The largest absolute Gasteiger partial charge is 0.454 e. The Kier molecular flexibility index (Phi) is 3.64. The predicted octanol–water partition coefficient (Wildman–Crippen LogP) is -1.10. The van der Waals surface area contributed by atoms with Gasteiger partial charge in [0.2, 0.25) is 0 Å². The van der Waals surface area contributed by atoms with Crippen LogP contribution in [0.3, 0.4) is 0 Å². The van der Waals surface area contributed by atoms with Crippen LogP contribution < -0.4 is 0 Å². The molecule has 0 spiro atoms. The molecular formula is C4H6O7S. The van der Waals surface area contributed by atoms with E-state index in [1.807, 2.05) is 0 Å². The minimum atomic E-state index is -4.81. The molecule has 8 heteroatoms. The molecule has 0 aliphatic heterocycles. The summed E-state index contributed by atoms with van der Waals surface area (Å²) in [5.74, 6) is -2.13. The molecule has 0 heterocycles. The summed E-state index contributed by atoms with van der Waals surface area (Å²) in [5.41, 5.74) is 0. The lowest BCUT2D eigenvalue weighted by atomic mass is 10.7. The van der Waals surface area contributed by atoms with Crippen molar-refractivity contribution in [3.63, 3.8) is 0 Å². The van der Waals surface area contributed by atoms with Crippen LogP contribution in [0.4, 0.5) is 0 Å². The molecule has 0 aromatic rings. The number of carbonyl (C=O) groups excluding carboxylic acids is 2. The Hall–Kier alpha value is -1.15. The Morgan fingerprint density at radius 2 is 1.92 bits per heavy atom. The molecule has 0 fully saturated rings. The van der Waals surface area contributed by atoms with Gasteiger partial charge in [-0.3, -0.25) is 9.35 Å². The highest BCUT2D eigenvalue weighted by molar-refractivity contribution is 7.81. The first-order chi connectivity index (χ1) is 5.31. The summed E-state index contributed by atoms with van der Waals surface area (Å²) < 4.78 is 35.1. The Bertz CT molecular complexity index is 276. The monoisotopic (exact) mass is 198 g/mol. The van der Waals surface area contributed by atoms with E-state index in [0.717, 1.165) is 6.92 Å². The molecule has 0 radical (unpaired) electrons. The molecule has 0 rings (SSSR count). The Balaban J connectivity index is 3.84. The Labute approximate surface area is 68.2 Å². The van der Waals surface area contributed by atoms with Crippen molar-refractivity contribution in [1.29, 1.82) is 0 Å². The molecule has 0 saturated carbocycles. The summed E-state index contributed by atoms with van der Waals surface area (Å²) in [6, 6.07) is 0. The third-order valence-electron chi connectivity index (χ3n) is 0.592. The van der Waals surface area contributed by atoms with Crippen molar-refractivity contribution in [1.82, 2.24) is 0 Å². The normalized spacial score (nSPS) is 10.5. The minimum Gasteiger partial charge on any atom is -0.454 e. The molecule has 0 aliphatic carbocycles. The quantitative estimate of drug-likeness (QED) is 0.452. The topological polar surface area (TPSA) is 107 Å². The fraction of sp³-hybridized carbons (Fsp3) is 0.500. The highest BCUT2D eigenvalue weighted by atomic mass is 32.3. The highest BCUT2D eigenvalue weighted by Gasteiger charge is 2.13. The maximum absolute atomic E-state index is 10.3. The lowest BCUT2D eigenvalue weighted by Crippen LogP contribution is -2.18. The van der Waals surface area contributed by atoms with Crippen LogP contribution >= 0.6 is 0 Å². The van der Waals surface area contributed by atoms with E-state index in [0.29, 0.717) is 0 Å². The molecule has 0 unspecified atom stereocenters. The summed E-state index contributed by atoms with van der Waals surface area (Å²) in [7, 11) is -4.81. The second-order valence-corrected chi connectivity index (χ2v) is 2.69. The fourth-order valence-corrected chi connectivity index (χ4v) is 0.585. The number of carbonyl (C=O) groups is 2. The average Bonchev–Trinajstić information content (AvgIpc) is 1.79. The molecule has 0 amide bonds. The van der Waals surface area contributed by atoms with E-state index in [2.05, 4.69) is 8.92 Å². The van der Waals surface area contributed by atoms with Gasteiger partial charge in [0.15, 0.2) is 6.61 Å². The van der Waals surface area contributed by atoms with Crippen LogP contribution in [0.15, 0.2) is 0 Å². The number of esters is 1. The number of hydrogen-bond acceptors (Lipinski definition) is 6. The number of hydrogen-bond donors (Lipinski definition) is 1. The van der Waals surface area contributed by atoms with Gasteiger partial charge in [0, 0.05) is 6.92 Å². The van der Waals surface area contributed by atoms with Crippen LogP contribution in [0.25, 0.3) is 0 Å². The average molecular weight is 198 g/mol. The van der Waals surface area contributed by atoms with Gasteiger partial charge in [-0.05, 0) is 0 Å². The Morgan fingerprint density at radius 1 is 1.42 bits per heavy atom. The van der Waals surface area contributed by atoms with Gasteiger partial charge in [-0.15, -0.1) is 0 Å². The molecule has 0 atom stereocenters. The molecule has 0 aromatic carbocycles. The molecule has 0 aromatic heterocycles. The lowest BCUT2D eigenvalue weighted by molar-refractivity contribution is -0.152. The molecule has 0 aliphatic rings. The van der Waals surface area contributed by atoms with Gasteiger partial charge >= 0.3 is 22.3 Å². The van der Waals surface area contributed by atoms with Crippen molar-refractivity contribution in [2.24, 2.45) is 0 Å². The standard InChI is InChI=1S/C4H6O7S/c1-3(5)10-2-4(6)11-12(7,8)9/h2H2,1H3,(H,7,8,9). The molecule has 0 saturated heterocycles. The van der Waals surface area contributed by atoms with E-state index in [4.69, 9.17) is 4.55 Å². The van der Waals surface area contributed by atoms with Crippen molar-refractivity contribution >= 4 is 22.3 Å². The van der Waals surface area contributed by atoms with Gasteiger partial charge in [-0.1, -0.05) is 0 Å². The van der Waals surface area contributed by atoms with Gasteiger partial charge in [0.05, 0.1) is 0 Å². The second-order valence-electron chi connectivity index (χ2n) is 1.66. The smallest absolute Gasteiger partial charge is 0.449 e. The zero-order valence-electron chi connectivity index (χ0n) is 6.01. The molecular weight excluding hydrogens is 192 g/mol. The molecule has 7 nitrogen and oxygen atoms in total. The summed E-state index contributed by atoms with van der Waals surface area (Å²) in [4.78, 5) is 20.4. The van der Waals surface area contributed by atoms with Gasteiger partial charge in [0.1, 0.15) is 0 Å². The second kappa shape index (κ2) is 4.02. The van der Waals surface area contributed by atoms with Crippen molar-refractivity contribution in [2.75, 3.05) is 6.61 Å². The van der Waals surface area contributed by atoms with E-state index in [1.54, 1.807) is 0 Å². The maximum Gasteiger partial charge on any atom is 0.449 e. The SMILES string of the molecule is CC(=O)OCC(=O)OS(=O)(=O)O. The summed E-state index contributed by atoms with van der Waals surface area (Å²) >= 11 is 0. The maximum atomic E-state index is 10.3. The first kappa shape index (κ1) is 10.8. The first-order valence-electron chi connectivity index (χ1n) is 2.64. The zero-order chi connectivity index (χ0) is 9.78. The Morgan fingerprint density at radius 3 is 2.25 bits per heavy atom. The van der Waals surface area contributed by atoms with Crippen LogP contribution in [0.1, 0.15) is 6.92 Å². The van der Waals surface area contributed by atoms with Gasteiger partial charge < -0.3 is 8.92 Å². The molecule has 12 heavy (non-hydrogen) atoms. The van der Waals surface area contributed by atoms with E-state index < -0.39 is 28.9 Å². The van der Waals surface area contributed by atoms with Crippen molar-refractivity contribution in [2.45, 2.75) is 6.92 Å². The molecule has 70 valence electrons. The first-order valence-corrected chi connectivity index (χ1v) is 4.01. The summed E-state index contributed by atoms with van der Waals surface area (Å²) in [6.07, 6.45) is 0. The van der Waals surface area contributed by atoms with Crippen molar-refractivity contribution < 1.29 is 31.5 Å². The van der Waals surface area contributed by atoms with Gasteiger partial charge in [-0.2, -0.15) is 8.42 Å². The van der Waals surface area contributed by atoms with Crippen LogP contribution in [0.2, 0.25) is 0 Å². The fourth-order valence-electron chi connectivity index (χ4n) is 0.302.